The summed E-state index contributed by atoms with van der Waals surface area (Å²) in [5, 5.41) is 0. The zero-order valence-corrected chi connectivity index (χ0v) is 13.9. The molecule has 1 rings (SSSR count). The highest BCUT2D eigenvalue weighted by Gasteiger charge is 2.30. The van der Waals surface area contributed by atoms with E-state index >= 15 is 0 Å². The molecule has 120 valence electrons. The van der Waals surface area contributed by atoms with Crippen LogP contribution in [-0.2, 0) is 6.42 Å². The SMILES string of the molecule is CCCCN(CCCC)C(C)(CN)Cc1ccccc1F. The molecular weight excluding hydrogens is 263 g/mol. The zero-order chi connectivity index (χ0) is 15.7. The van der Waals surface area contributed by atoms with Crippen LogP contribution in [0.25, 0.3) is 0 Å². The third-order valence-corrected chi connectivity index (χ3v) is 4.30. The van der Waals surface area contributed by atoms with Crippen molar-refractivity contribution in [1.29, 1.82) is 0 Å². The number of hydrogen-bond acceptors (Lipinski definition) is 2. The minimum Gasteiger partial charge on any atom is -0.329 e. The predicted molar refractivity (Wildman–Crippen MR) is 89.0 cm³/mol. The Hall–Kier alpha value is -0.930. The molecule has 0 saturated heterocycles. The Morgan fingerprint density at radius 1 is 1.10 bits per heavy atom. The Labute approximate surface area is 129 Å². The number of halogens is 1. The highest BCUT2D eigenvalue weighted by atomic mass is 19.1. The molecule has 1 aromatic carbocycles. The number of benzene rings is 1. The molecule has 0 spiro atoms. The lowest BCUT2D eigenvalue weighted by Gasteiger charge is -2.41. The summed E-state index contributed by atoms with van der Waals surface area (Å²) in [6.07, 6.45) is 5.34. The number of nitrogens with two attached hydrogens (primary N) is 1. The van der Waals surface area contributed by atoms with Crippen LogP contribution >= 0.6 is 0 Å². The van der Waals surface area contributed by atoms with Crippen LogP contribution < -0.4 is 5.73 Å². The number of nitrogens with zero attached hydrogens (tertiary/aromatic N) is 1. The molecule has 1 aromatic rings. The summed E-state index contributed by atoms with van der Waals surface area (Å²) in [4.78, 5) is 2.46. The van der Waals surface area contributed by atoms with Crippen LogP contribution in [0.4, 0.5) is 4.39 Å². The van der Waals surface area contributed by atoms with Crippen molar-refractivity contribution in [2.45, 2.75) is 58.4 Å². The standard InChI is InChI=1S/C18H31FN2/c1-4-6-12-21(13-7-5-2)18(3,15-20)14-16-10-8-9-11-17(16)19/h8-11H,4-7,12-15,20H2,1-3H3. The summed E-state index contributed by atoms with van der Waals surface area (Å²) < 4.78 is 14.0. The maximum absolute atomic E-state index is 14.0. The molecule has 0 aliphatic rings. The van der Waals surface area contributed by atoms with Crippen LogP contribution in [0.3, 0.4) is 0 Å². The van der Waals surface area contributed by atoms with E-state index in [-0.39, 0.29) is 11.4 Å². The van der Waals surface area contributed by atoms with Gasteiger partial charge in [0.05, 0.1) is 0 Å². The second kappa shape index (κ2) is 9.16. The van der Waals surface area contributed by atoms with E-state index < -0.39 is 0 Å². The monoisotopic (exact) mass is 294 g/mol. The molecule has 2 nitrogen and oxygen atoms in total. The van der Waals surface area contributed by atoms with Crippen LogP contribution in [0.1, 0.15) is 52.0 Å². The molecule has 0 heterocycles. The van der Waals surface area contributed by atoms with Crippen molar-refractivity contribution in [2.24, 2.45) is 5.73 Å². The molecule has 0 saturated carbocycles. The molecule has 0 aliphatic heterocycles. The first kappa shape index (κ1) is 18.1. The average molecular weight is 294 g/mol. The van der Waals surface area contributed by atoms with Gasteiger partial charge in [-0.15, -0.1) is 0 Å². The Kier molecular flexibility index (Phi) is 7.91. The average Bonchev–Trinajstić information content (AvgIpc) is 2.49. The third-order valence-electron chi connectivity index (χ3n) is 4.30. The van der Waals surface area contributed by atoms with E-state index in [1.165, 1.54) is 18.9 Å². The smallest absolute Gasteiger partial charge is 0.126 e. The number of unbranched alkanes of at least 4 members (excludes halogenated alkanes) is 2. The molecule has 21 heavy (non-hydrogen) atoms. The number of rotatable bonds is 10. The van der Waals surface area contributed by atoms with Crippen LogP contribution in [-0.4, -0.2) is 30.1 Å². The fourth-order valence-electron chi connectivity index (χ4n) is 2.71. The summed E-state index contributed by atoms with van der Waals surface area (Å²) >= 11 is 0. The van der Waals surface area contributed by atoms with Gasteiger partial charge in [0, 0.05) is 12.1 Å². The summed E-state index contributed by atoms with van der Waals surface area (Å²) in [7, 11) is 0. The fraction of sp³-hybridized carbons (Fsp3) is 0.667. The maximum Gasteiger partial charge on any atom is 0.126 e. The van der Waals surface area contributed by atoms with Gasteiger partial charge in [-0.2, -0.15) is 0 Å². The summed E-state index contributed by atoms with van der Waals surface area (Å²) in [6.45, 7) is 9.21. The Bertz CT molecular complexity index is 400. The first-order valence-corrected chi connectivity index (χ1v) is 8.26. The Morgan fingerprint density at radius 2 is 1.67 bits per heavy atom. The molecular formula is C18H31FN2. The molecule has 0 bridgehead atoms. The van der Waals surface area contributed by atoms with Gasteiger partial charge in [-0.05, 0) is 50.9 Å². The topological polar surface area (TPSA) is 29.3 Å². The van der Waals surface area contributed by atoms with Crippen LogP contribution in [0, 0.1) is 5.82 Å². The summed E-state index contributed by atoms with van der Waals surface area (Å²) in [5.74, 6) is -0.122. The highest BCUT2D eigenvalue weighted by molar-refractivity contribution is 5.20. The molecule has 1 atom stereocenters. The van der Waals surface area contributed by atoms with Crippen LogP contribution in [0.2, 0.25) is 0 Å². The van der Waals surface area contributed by atoms with Gasteiger partial charge in [0.2, 0.25) is 0 Å². The Morgan fingerprint density at radius 3 is 2.14 bits per heavy atom. The van der Waals surface area contributed by atoms with Crippen LogP contribution in [0.5, 0.6) is 0 Å². The normalized spacial score (nSPS) is 14.4. The second-order valence-corrected chi connectivity index (χ2v) is 6.16. The van der Waals surface area contributed by atoms with Gasteiger partial charge in [0.1, 0.15) is 5.82 Å². The van der Waals surface area contributed by atoms with E-state index in [2.05, 4.69) is 25.7 Å². The van der Waals surface area contributed by atoms with E-state index in [0.717, 1.165) is 31.5 Å². The van der Waals surface area contributed by atoms with E-state index in [1.807, 2.05) is 12.1 Å². The molecule has 0 radical (unpaired) electrons. The van der Waals surface area contributed by atoms with Gasteiger partial charge < -0.3 is 5.73 Å². The largest absolute Gasteiger partial charge is 0.329 e. The predicted octanol–water partition coefficient (Wildman–Crippen LogP) is 3.99. The molecule has 0 aliphatic carbocycles. The van der Waals surface area contributed by atoms with Crippen molar-refractivity contribution >= 4 is 0 Å². The van der Waals surface area contributed by atoms with Crippen molar-refractivity contribution in [1.82, 2.24) is 4.90 Å². The van der Waals surface area contributed by atoms with Crippen LogP contribution in [0.15, 0.2) is 24.3 Å². The minimum absolute atomic E-state index is 0.122. The lowest BCUT2D eigenvalue weighted by atomic mass is 9.90. The highest BCUT2D eigenvalue weighted by Crippen LogP contribution is 2.23. The van der Waals surface area contributed by atoms with Crippen molar-refractivity contribution < 1.29 is 4.39 Å². The van der Waals surface area contributed by atoms with E-state index in [1.54, 1.807) is 6.07 Å². The lowest BCUT2D eigenvalue weighted by molar-refractivity contribution is 0.105. The maximum atomic E-state index is 14.0. The molecule has 0 aromatic heterocycles. The lowest BCUT2D eigenvalue weighted by Crippen LogP contribution is -2.54. The van der Waals surface area contributed by atoms with Gasteiger partial charge in [-0.3, -0.25) is 4.90 Å². The quantitative estimate of drug-likeness (QED) is 0.707. The summed E-state index contributed by atoms with van der Waals surface area (Å²) in [6, 6.07) is 7.05. The third kappa shape index (κ3) is 5.40. The fourth-order valence-corrected chi connectivity index (χ4v) is 2.71. The first-order chi connectivity index (χ1) is 10.1. The van der Waals surface area contributed by atoms with Gasteiger partial charge >= 0.3 is 0 Å². The molecule has 0 fully saturated rings. The van der Waals surface area contributed by atoms with E-state index in [9.17, 15) is 4.39 Å². The molecule has 3 heteroatoms. The second-order valence-electron chi connectivity index (χ2n) is 6.16. The molecule has 0 amide bonds. The van der Waals surface area contributed by atoms with Crippen molar-refractivity contribution in [3.05, 3.63) is 35.6 Å². The Balaban J connectivity index is 2.88. The minimum atomic E-state index is -0.174. The van der Waals surface area contributed by atoms with E-state index in [4.69, 9.17) is 5.73 Å². The van der Waals surface area contributed by atoms with E-state index in [0.29, 0.717) is 13.0 Å². The van der Waals surface area contributed by atoms with Gasteiger partial charge in [-0.1, -0.05) is 44.9 Å². The van der Waals surface area contributed by atoms with Crippen molar-refractivity contribution in [2.75, 3.05) is 19.6 Å². The zero-order valence-electron chi connectivity index (χ0n) is 13.9. The van der Waals surface area contributed by atoms with Gasteiger partial charge in [-0.25, -0.2) is 4.39 Å². The summed E-state index contributed by atoms with van der Waals surface area (Å²) in [5.41, 5.74) is 6.68. The first-order valence-electron chi connectivity index (χ1n) is 8.26. The van der Waals surface area contributed by atoms with Gasteiger partial charge in [0.15, 0.2) is 0 Å². The van der Waals surface area contributed by atoms with Crippen molar-refractivity contribution in [3.63, 3.8) is 0 Å². The van der Waals surface area contributed by atoms with Gasteiger partial charge in [0.25, 0.3) is 0 Å². The molecule has 2 N–H and O–H groups in total. The van der Waals surface area contributed by atoms with Crippen molar-refractivity contribution in [3.8, 4) is 0 Å². The number of hydrogen-bond donors (Lipinski definition) is 1. The molecule has 1 unspecified atom stereocenters.